The van der Waals surface area contributed by atoms with Crippen LogP contribution in [0.4, 0.5) is 24.0 Å². The molecule has 1 saturated carbocycles. The molecular formula is C42H46F3N7O2S. The normalized spacial score (nSPS) is 17.1. The first kappa shape index (κ1) is 42.4. The van der Waals surface area contributed by atoms with Crippen LogP contribution >= 0.6 is 11.3 Å². The summed E-state index contributed by atoms with van der Waals surface area (Å²) >= 11 is 0.894. The Morgan fingerprint density at radius 1 is 1.07 bits per heavy atom. The second kappa shape index (κ2) is 19.8. The number of hydrogen-bond donors (Lipinski definition) is 2. The number of aldehydes is 1. The molecule has 1 unspecified atom stereocenters. The Kier molecular flexibility index (Phi) is 15.2. The predicted octanol–water partition coefficient (Wildman–Crippen LogP) is 7.78. The molecular weight excluding hydrogens is 724 g/mol. The van der Waals surface area contributed by atoms with Crippen LogP contribution in [0.1, 0.15) is 57.4 Å². The van der Waals surface area contributed by atoms with Gasteiger partial charge in [-0.15, -0.1) is 43.6 Å². The van der Waals surface area contributed by atoms with Gasteiger partial charge in [0.15, 0.2) is 5.82 Å². The molecule has 0 amide bonds. The number of carbonyl (C=O) groups excluding carboxylic acids is 1. The van der Waals surface area contributed by atoms with Crippen molar-refractivity contribution in [2.75, 3.05) is 50.0 Å². The topological polar surface area (TPSA) is 130 Å². The summed E-state index contributed by atoms with van der Waals surface area (Å²) in [5.41, 5.74) is 5.64. The van der Waals surface area contributed by atoms with Crippen molar-refractivity contribution in [3.05, 3.63) is 66.0 Å². The first-order chi connectivity index (χ1) is 26.7. The maximum absolute atomic E-state index is 16.7. The molecule has 13 heteroatoms. The zero-order chi connectivity index (χ0) is 40.1. The number of aromatic nitrogens is 2. The van der Waals surface area contributed by atoms with Gasteiger partial charge in [-0.05, 0) is 63.4 Å². The summed E-state index contributed by atoms with van der Waals surface area (Å²) in [6.45, 7) is 9.25. The Balaban J connectivity index is 0.000000607. The van der Waals surface area contributed by atoms with Crippen molar-refractivity contribution < 1.29 is 22.7 Å². The molecule has 1 aliphatic carbocycles. The molecule has 4 aliphatic rings. The van der Waals surface area contributed by atoms with E-state index in [1.807, 2.05) is 18.2 Å². The molecule has 3 aliphatic heterocycles. The zero-order valence-electron chi connectivity index (χ0n) is 31.0. The Labute approximate surface area is 325 Å². The van der Waals surface area contributed by atoms with Crippen molar-refractivity contribution in [3.63, 3.8) is 0 Å². The minimum Gasteiger partial charge on any atom is -0.461 e. The first-order valence-corrected chi connectivity index (χ1v) is 18.9. The maximum atomic E-state index is 16.7. The van der Waals surface area contributed by atoms with Gasteiger partial charge in [0.05, 0.1) is 21.2 Å². The molecule has 0 radical (unpaired) electrons. The number of nitrogens with one attached hydrogen (secondary N) is 1. The second-order valence-electron chi connectivity index (χ2n) is 13.2. The molecule has 5 heterocycles. The van der Waals surface area contributed by atoms with E-state index in [-0.39, 0.29) is 60.0 Å². The smallest absolute Gasteiger partial charge is 0.319 e. The Hall–Kier alpha value is -5.39. The number of anilines is 2. The predicted molar refractivity (Wildman–Crippen MR) is 216 cm³/mol. The van der Waals surface area contributed by atoms with Crippen LogP contribution in [0, 0.1) is 54.5 Å². The van der Waals surface area contributed by atoms with Gasteiger partial charge >= 0.3 is 6.01 Å². The van der Waals surface area contributed by atoms with Crippen LogP contribution in [-0.4, -0.2) is 72.1 Å². The number of nitrogen functional groups attached to an aromatic ring is 1. The fourth-order valence-corrected chi connectivity index (χ4v) is 7.78. The van der Waals surface area contributed by atoms with Gasteiger partial charge in [0.25, 0.3) is 0 Å². The molecule has 2 aromatic heterocycles. The van der Waals surface area contributed by atoms with Crippen molar-refractivity contribution in [3.8, 4) is 48.9 Å². The van der Waals surface area contributed by atoms with E-state index in [1.54, 1.807) is 11.0 Å². The molecule has 0 spiro atoms. The third kappa shape index (κ3) is 9.65. The molecule has 4 aromatic rings. The Morgan fingerprint density at radius 2 is 1.73 bits per heavy atom. The summed E-state index contributed by atoms with van der Waals surface area (Å²) in [6, 6.07) is 5.79. The average molecular weight is 770 g/mol. The van der Waals surface area contributed by atoms with Gasteiger partial charge in [0, 0.05) is 36.6 Å². The molecule has 3 N–H and O–H groups in total. The first-order valence-electron chi connectivity index (χ1n) is 18.1. The number of nitrogens with two attached hydrogens (primary N) is 1. The van der Waals surface area contributed by atoms with Crippen LogP contribution in [-0.2, 0) is 4.79 Å². The maximum Gasteiger partial charge on any atom is 0.319 e. The van der Waals surface area contributed by atoms with Gasteiger partial charge in [-0.2, -0.15) is 15.2 Å². The van der Waals surface area contributed by atoms with Crippen LogP contribution in [0.25, 0.3) is 32.1 Å². The lowest BCUT2D eigenvalue weighted by Gasteiger charge is -2.31. The third-order valence-corrected chi connectivity index (χ3v) is 10.5. The van der Waals surface area contributed by atoms with Crippen LogP contribution in [0.5, 0.6) is 6.01 Å². The largest absolute Gasteiger partial charge is 0.461 e. The van der Waals surface area contributed by atoms with Gasteiger partial charge in [-0.3, -0.25) is 4.90 Å². The monoisotopic (exact) mass is 769 g/mol. The van der Waals surface area contributed by atoms with Gasteiger partial charge in [0.1, 0.15) is 46.9 Å². The molecule has 55 heavy (non-hydrogen) atoms. The van der Waals surface area contributed by atoms with Crippen LogP contribution in [0.3, 0.4) is 0 Å². The number of benzene rings is 2. The summed E-state index contributed by atoms with van der Waals surface area (Å²) in [6.07, 6.45) is 31.1. The quantitative estimate of drug-likeness (QED) is 0.0719. The zero-order valence-corrected chi connectivity index (χ0v) is 31.8. The molecule has 0 bridgehead atoms. The number of rotatable bonds is 10. The van der Waals surface area contributed by atoms with E-state index in [0.717, 1.165) is 75.1 Å². The molecule has 1 atom stereocenters. The summed E-state index contributed by atoms with van der Waals surface area (Å²) in [4.78, 5) is 22.2. The fourth-order valence-electron chi connectivity index (χ4n) is 6.83. The van der Waals surface area contributed by atoms with E-state index >= 15 is 8.78 Å². The van der Waals surface area contributed by atoms with Crippen LogP contribution in [0.2, 0.25) is 0 Å². The highest BCUT2D eigenvalue weighted by Gasteiger charge is 2.45. The number of fused-ring (bicyclic) bond motifs is 3. The van der Waals surface area contributed by atoms with Gasteiger partial charge in [-0.1, -0.05) is 43.6 Å². The van der Waals surface area contributed by atoms with E-state index in [2.05, 4.69) is 52.5 Å². The van der Waals surface area contributed by atoms with Gasteiger partial charge in [0.2, 0.25) is 0 Å². The lowest BCUT2D eigenvalue weighted by Crippen LogP contribution is -2.43. The van der Waals surface area contributed by atoms with Crippen LogP contribution in [0.15, 0.2) is 43.0 Å². The summed E-state index contributed by atoms with van der Waals surface area (Å²) < 4.78 is 54.2. The molecule has 2 aromatic carbocycles. The highest BCUT2D eigenvalue weighted by atomic mass is 32.1. The van der Waals surface area contributed by atoms with E-state index in [4.69, 9.17) is 15.3 Å². The molecule has 8 rings (SSSR count). The SMILES string of the molecule is C#C.C#C.C1CC1.C=CCN(CC=CC1CN1)c1nc(OCC23CCCN2CCC3)nc2c(F)c(-c3ccc(F)c4sc(N)c(C#N)c34)cc(F)c12.CC=O. The van der Waals surface area contributed by atoms with Crippen LogP contribution < -0.4 is 20.7 Å². The van der Waals surface area contributed by atoms with Crippen molar-refractivity contribution in [2.45, 2.75) is 63.5 Å². The van der Waals surface area contributed by atoms with Crippen molar-refractivity contribution >= 4 is 49.4 Å². The summed E-state index contributed by atoms with van der Waals surface area (Å²) in [5, 5.41) is 13.1. The number of ether oxygens (including phenoxy) is 1. The lowest BCUT2D eigenvalue weighted by molar-refractivity contribution is -0.106. The summed E-state index contributed by atoms with van der Waals surface area (Å²) in [7, 11) is 0. The van der Waals surface area contributed by atoms with Gasteiger partial charge < -0.3 is 25.5 Å². The average Bonchev–Trinajstić information content (AvgIpc) is 4.13. The molecule has 4 fully saturated rings. The fraction of sp³-hybridized carbons (Fsp3) is 0.381. The number of halogens is 3. The highest BCUT2D eigenvalue weighted by Crippen LogP contribution is 2.44. The van der Waals surface area contributed by atoms with Gasteiger partial charge in [-0.25, -0.2) is 13.2 Å². The number of nitriles is 1. The number of nitrogens with zero attached hydrogens (tertiary/aromatic N) is 5. The van der Waals surface area contributed by atoms with E-state index in [0.29, 0.717) is 25.7 Å². The van der Waals surface area contributed by atoms with E-state index < -0.39 is 17.5 Å². The Bertz CT molecular complexity index is 2080. The second-order valence-corrected chi connectivity index (χ2v) is 14.2. The number of hydrogen-bond acceptors (Lipinski definition) is 10. The van der Waals surface area contributed by atoms with Crippen molar-refractivity contribution in [1.29, 1.82) is 5.26 Å². The summed E-state index contributed by atoms with van der Waals surface area (Å²) in [5.74, 6) is -2.02. The number of terminal acetylenes is 2. The Morgan fingerprint density at radius 3 is 2.31 bits per heavy atom. The standard InChI is InChI=1S/C33H32F3N7OS.C3H6.C2H4O.2C2H2/c1-2-11-42(12-3-6-19-17-39-19)31-26-24(35)15-21(20-7-8-23(34)29-25(20)22(16-37)30(38)45-29)27(36)28(26)40-32(41-31)44-18-33-9-4-13-43(33)14-5-10-33;1-2-3-1;1-2-3;2*1-2/h2-3,6-8,15,19,39H,1,4-5,9-14,17-18,38H2;1-3H2;2H,1H3;2*1-2H. The minimum atomic E-state index is -0.834. The number of carbonyl (C=O) groups is 1. The van der Waals surface area contributed by atoms with E-state index in [1.165, 1.54) is 32.3 Å². The highest BCUT2D eigenvalue weighted by molar-refractivity contribution is 7.23. The van der Waals surface area contributed by atoms with E-state index in [9.17, 15) is 9.65 Å². The number of thiophene rings is 1. The molecule has 9 nitrogen and oxygen atoms in total. The third-order valence-electron chi connectivity index (χ3n) is 9.46. The molecule has 288 valence electrons. The minimum absolute atomic E-state index is 0.0165. The molecule has 3 saturated heterocycles. The lowest BCUT2D eigenvalue weighted by atomic mass is 9.95. The van der Waals surface area contributed by atoms with Crippen molar-refractivity contribution in [1.82, 2.24) is 20.2 Å². The van der Waals surface area contributed by atoms with Crippen molar-refractivity contribution in [2.24, 2.45) is 0 Å².